The van der Waals surface area contributed by atoms with Crippen LogP contribution in [0.5, 0.6) is 5.75 Å². The summed E-state index contributed by atoms with van der Waals surface area (Å²) in [5.41, 5.74) is 2.16. The Hall–Kier alpha value is -1.81. The van der Waals surface area contributed by atoms with E-state index in [0.29, 0.717) is 5.92 Å². The summed E-state index contributed by atoms with van der Waals surface area (Å²) >= 11 is 3.47. The first kappa shape index (κ1) is 17.5. The van der Waals surface area contributed by atoms with E-state index in [1.807, 2.05) is 55.5 Å². The van der Waals surface area contributed by atoms with Crippen molar-refractivity contribution in [1.82, 2.24) is 5.32 Å². The number of benzene rings is 2. The van der Waals surface area contributed by atoms with Crippen molar-refractivity contribution in [3.63, 3.8) is 0 Å². The number of halogens is 1. The fourth-order valence-corrected chi connectivity index (χ4v) is 2.73. The van der Waals surface area contributed by atoms with Gasteiger partial charge in [-0.1, -0.05) is 60.1 Å². The molecular weight excluding hydrogens is 354 g/mol. The minimum atomic E-state index is -0.126. The monoisotopic (exact) mass is 375 g/mol. The molecule has 2 rings (SSSR count). The van der Waals surface area contributed by atoms with Crippen LogP contribution in [0, 0.1) is 0 Å². The van der Waals surface area contributed by atoms with Gasteiger partial charge in [0.15, 0.2) is 6.61 Å². The maximum absolute atomic E-state index is 12.1. The summed E-state index contributed by atoms with van der Waals surface area (Å²) in [5, 5.41) is 2.95. The highest BCUT2D eigenvalue weighted by atomic mass is 79.9. The summed E-state index contributed by atoms with van der Waals surface area (Å²) in [7, 11) is 0. The van der Waals surface area contributed by atoms with Gasteiger partial charge in [-0.2, -0.15) is 0 Å². The zero-order valence-electron chi connectivity index (χ0n) is 13.7. The molecular formula is C19H22BrNO2. The molecule has 3 nitrogen and oxygen atoms in total. The second-order valence-electron chi connectivity index (χ2n) is 5.83. The molecule has 0 aliphatic heterocycles. The predicted molar refractivity (Wildman–Crippen MR) is 96.7 cm³/mol. The number of carbonyl (C=O) groups is 1. The maximum Gasteiger partial charge on any atom is 0.258 e. The first-order valence-electron chi connectivity index (χ1n) is 7.74. The fraction of sp³-hybridized carbons (Fsp3) is 0.316. The van der Waals surface area contributed by atoms with Crippen LogP contribution in [0.1, 0.15) is 43.9 Å². The van der Waals surface area contributed by atoms with Crippen LogP contribution < -0.4 is 10.1 Å². The van der Waals surface area contributed by atoms with Gasteiger partial charge >= 0.3 is 0 Å². The fourth-order valence-electron chi connectivity index (χ4n) is 2.35. The molecule has 0 bridgehead atoms. The van der Waals surface area contributed by atoms with Gasteiger partial charge in [0.05, 0.1) is 6.04 Å². The van der Waals surface area contributed by atoms with E-state index in [1.165, 1.54) is 0 Å². The number of rotatable bonds is 6. The molecule has 0 aromatic heterocycles. The molecule has 23 heavy (non-hydrogen) atoms. The molecule has 1 atom stereocenters. The Bertz CT molecular complexity index is 656. The van der Waals surface area contributed by atoms with Gasteiger partial charge in [0, 0.05) is 4.47 Å². The Morgan fingerprint density at radius 3 is 2.48 bits per heavy atom. The summed E-state index contributed by atoms with van der Waals surface area (Å²) in [5.74, 6) is 0.957. The highest BCUT2D eigenvalue weighted by Crippen LogP contribution is 2.29. The normalized spacial score (nSPS) is 12.0. The van der Waals surface area contributed by atoms with E-state index >= 15 is 0 Å². The molecule has 0 heterocycles. The second-order valence-corrected chi connectivity index (χ2v) is 6.74. The number of amides is 1. The van der Waals surface area contributed by atoms with Crippen molar-refractivity contribution in [2.45, 2.75) is 32.7 Å². The number of nitrogens with one attached hydrogen (secondary N) is 1. The zero-order valence-corrected chi connectivity index (χ0v) is 15.3. The van der Waals surface area contributed by atoms with Crippen LogP contribution in [0.4, 0.5) is 0 Å². The zero-order chi connectivity index (χ0) is 16.8. The molecule has 0 radical (unpaired) electrons. The van der Waals surface area contributed by atoms with Gasteiger partial charge in [-0.25, -0.2) is 0 Å². The molecule has 0 fully saturated rings. The molecule has 2 aromatic carbocycles. The quantitative estimate of drug-likeness (QED) is 0.784. The molecule has 2 aromatic rings. The first-order chi connectivity index (χ1) is 11.0. The van der Waals surface area contributed by atoms with Gasteiger partial charge in [-0.3, -0.25) is 4.79 Å². The molecule has 0 aliphatic rings. The van der Waals surface area contributed by atoms with Crippen LogP contribution in [-0.2, 0) is 4.79 Å². The third-order valence-electron chi connectivity index (χ3n) is 3.63. The minimum absolute atomic E-state index is 0.0124. The van der Waals surface area contributed by atoms with Gasteiger partial charge in [0.1, 0.15) is 5.75 Å². The Morgan fingerprint density at radius 1 is 1.13 bits per heavy atom. The average Bonchev–Trinajstić information content (AvgIpc) is 2.54. The van der Waals surface area contributed by atoms with Crippen molar-refractivity contribution in [2.24, 2.45) is 0 Å². The van der Waals surface area contributed by atoms with E-state index in [1.54, 1.807) is 0 Å². The topological polar surface area (TPSA) is 38.3 Å². The van der Waals surface area contributed by atoms with E-state index in [2.05, 4.69) is 35.1 Å². The van der Waals surface area contributed by atoms with Crippen LogP contribution in [-0.4, -0.2) is 12.5 Å². The van der Waals surface area contributed by atoms with E-state index in [-0.39, 0.29) is 18.6 Å². The van der Waals surface area contributed by atoms with Crippen molar-refractivity contribution in [2.75, 3.05) is 6.61 Å². The lowest BCUT2D eigenvalue weighted by Crippen LogP contribution is -2.31. The SMILES string of the molecule is CC(C)c1cc(Br)ccc1OCC(=O)NC(C)c1ccccc1. The van der Waals surface area contributed by atoms with Crippen molar-refractivity contribution in [1.29, 1.82) is 0 Å². The van der Waals surface area contributed by atoms with Crippen molar-refractivity contribution in [3.05, 3.63) is 64.1 Å². The minimum Gasteiger partial charge on any atom is -0.483 e. The number of hydrogen-bond donors (Lipinski definition) is 1. The van der Waals surface area contributed by atoms with E-state index < -0.39 is 0 Å². The summed E-state index contributed by atoms with van der Waals surface area (Å²) in [6, 6.07) is 15.7. The van der Waals surface area contributed by atoms with E-state index in [4.69, 9.17) is 4.74 Å². The van der Waals surface area contributed by atoms with Crippen LogP contribution in [0.3, 0.4) is 0 Å². The lowest BCUT2D eigenvalue weighted by Gasteiger charge is -2.17. The van der Waals surface area contributed by atoms with Gasteiger partial charge in [0.2, 0.25) is 0 Å². The average molecular weight is 376 g/mol. The molecule has 1 unspecified atom stereocenters. The molecule has 0 aliphatic carbocycles. The molecule has 0 saturated heterocycles. The maximum atomic E-state index is 12.1. The number of hydrogen-bond acceptors (Lipinski definition) is 2. The molecule has 0 spiro atoms. The molecule has 4 heteroatoms. The standard InChI is InChI=1S/C19H22BrNO2/c1-13(2)17-11-16(20)9-10-18(17)23-12-19(22)21-14(3)15-7-5-4-6-8-15/h4-11,13-14H,12H2,1-3H3,(H,21,22). The summed E-state index contributed by atoms with van der Waals surface area (Å²) in [4.78, 5) is 12.1. The van der Waals surface area contributed by atoms with Gasteiger partial charge < -0.3 is 10.1 Å². The lowest BCUT2D eigenvalue weighted by molar-refractivity contribution is -0.123. The third kappa shape index (κ3) is 5.10. The van der Waals surface area contributed by atoms with E-state index in [0.717, 1.165) is 21.3 Å². The molecule has 122 valence electrons. The van der Waals surface area contributed by atoms with Gasteiger partial charge in [-0.15, -0.1) is 0 Å². The smallest absolute Gasteiger partial charge is 0.258 e. The van der Waals surface area contributed by atoms with Gasteiger partial charge in [0.25, 0.3) is 5.91 Å². The Morgan fingerprint density at radius 2 is 1.83 bits per heavy atom. The van der Waals surface area contributed by atoms with Crippen molar-refractivity contribution < 1.29 is 9.53 Å². The largest absolute Gasteiger partial charge is 0.483 e. The highest BCUT2D eigenvalue weighted by Gasteiger charge is 2.12. The summed E-state index contributed by atoms with van der Waals surface area (Å²) < 4.78 is 6.73. The molecule has 0 saturated carbocycles. The van der Waals surface area contributed by atoms with E-state index in [9.17, 15) is 4.79 Å². The molecule has 1 N–H and O–H groups in total. The Balaban J connectivity index is 1.95. The summed E-state index contributed by atoms with van der Waals surface area (Å²) in [6.07, 6.45) is 0. The first-order valence-corrected chi connectivity index (χ1v) is 8.53. The van der Waals surface area contributed by atoms with Crippen LogP contribution in [0.15, 0.2) is 53.0 Å². The molecule has 1 amide bonds. The Labute approximate surface area is 146 Å². The van der Waals surface area contributed by atoms with Crippen LogP contribution in [0.2, 0.25) is 0 Å². The Kier molecular flexibility index (Phi) is 6.22. The highest BCUT2D eigenvalue weighted by molar-refractivity contribution is 9.10. The predicted octanol–water partition coefficient (Wildman–Crippen LogP) is 4.83. The second kappa shape index (κ2) is 8.16. The number of ether oxygens (including phenoxy) is 1. The van der Waals surface area contributed by atoms with Crippen molar-refractivity contribution in [3.8, 4) is 5.75 Å². The number of carbonyl (C=O) groups excluding carboxylic acids is 1. The lowest BCUT2D eigenvalue weighted by atomic mass is 10.0. The van der Waals surface area contributed by atoms with Crippen molar-refractivity contribution >= 4 is 21.8 Å². The third-order valence-corrected chi connectivity index (χ3v) is 4.12. The summed E-state index contributed by atoms with van der Waals surface area (Å²) in [6.45, 7) is 6.18. The van der Waals surface area contributed by atoms with Gasteiger partial charge in [-0.05, 0) is 42.2 Å². The van der Waals surface area contributed by atoms with Crippen LogP contribution in [0.25, 0.3) is 0 Å². The van der Waals surface area contributed by atoms with Crippen LogP contribution >= 0.6 is 15.9 Å².